The maximum absolute atomic E-state index is 12.3. The smallest absolute Gasteiger partial charge is 0.409 e. The van der Waals surface area contributed by atoms with Gasteiger partial charge in [0.05, 0.1) is 18.8 Å². The first kappa shape index (κ1) is 26.7. The average molecular weight is 506 g/mol. The summed E-state index contributed by atoms with van der Waals surface area (Å²) in [6, 6.07) is 0. The Hall–Kier alpha value is -0.850. The summed E-state index contributed by atoms with van der Waals surface area (Å²) in [4.78, 5) is 14.0. The molecular formula is C30H51NO5. The van der Waals surface area contributed by atoms with Crippen LogP contribution in [0.15, 0.2) is 0 Å². The zero-order valence-corrected chi connectivity index (χ0v) is 23.1. The van der Waals surface area contributed by atoms with Crippen LogP contribution in [0.2, 0.25) is 0 Å². The Kier molecular flexibility index (Phi) is 7.46. The molecule has 0 aromatic carbocycles. The predicted octanol–water partition coefficient (Wildman–Crippen LogP) is 4.70. The van der Waals surface area contributed by atoms with E-state index >= 15 is 0 Å². The number of ether oxygens (including phenoxy) is 1. The van der Waals surface area contributed by atoms with Gasteiger partial charge in [-0.25, -0.2) is 4.79 Å². The number of hydrogen-bond donors (Lipinski definition) is 3. The summed E-state index contributed by atoms with van der Waals surface area (Å²) in [5.74, 6) is 3.56. The molecule has 5 rings (SSSR count). The molecule has 0 unspecified atom stereocenters. The van der Waals surface area contributed by atoms with Gasteiger partial charge in [0, 0.05) is 25.6 Å². The van der Waals surface area contributed by atoms with E-state index in [1.807, 2.05) is 0 Å². The maximum atomic E-state index is 12.3. The zero-order chi connectivity index (χ0) is 25.8. The molecule has 0 aromatic heterocycles. The number of amides is 1. The second-order valence-electron chi connectivity index (χ2n) is 14.0. The summed E-state index contributed by atoms with van der Waals surface area (Å²) in [6.07, 6.45) is 8.96. The molecule has 0 bridgehead atoms. The van der Waals surface area contributed by atoms with Crippen molar-refractivity contribution in [1.29, 1.82) is 0 Å². The van der Waals surface area contributed by atoms with Gasteiger partial charge in [0.2, 0.25) is 0 Å². The van der Waals surface area contributed by atoms with E-state index < -0.39 is 0 Å². The molecule has 1 heterocycles. The largest absolute Gasteiger partial charge is 0.449 e. The molecule has 0 radical (unpaired) electrons. The standard InChI is InChI=1S/C30H51NO5/c1-5-21-25-14-20(33)8-11-30(25,4)24-9-12-29(3)22(6-7-23(29)26(24)27(21)34)18(2)10-13-36-28(35)31-15-19(16-31)17-32/h18-27,32-34H,5-17H2,1-4H3/t18-,20-,21-,22-,23+,24+,25+,26+,27-,29-,30-/m1/s1. The topological polar surface area (TPSA) is 90.2 Å². The van der Waals surface area contributed by atoms with Crippen LogP contribution < -0.4 is 0 Å². The summed E-state index contributed by atoms with van der Waals surface area (Å²) in [5, 5.41) is 31.5. The van der Waals surface area contributed by atoms with Crippen molar-refractivity contribution in [3.63, 3.8) is 0 Å². The molecule has 5 fully saturated rings. The van der Waals surface area contributed by atoms with E-state index in [0.717, 1.165) is 32.1 Å². The monoisotopic (exact) mass is 505 g/mol. The minimum atomic E-state index is -0.248. The van der Waals surface area contributed by atoms with Crippen molar-refractivity contribution < 1.29 is 24.9 Å². The lowest BCUT2D eigenvalue weighted by atomic mass is 9.41. The summed E-state index contributed by atoms with van der Waals surface area (Å²) in [5.41, 5.74) is 0.488. The van der Waals surface area contributed by atoms with Crippen molar-refractivity contribution >= 4 is 6.09 Å². The molecule has 3 N–H and O–H groups in total. The Bertz CT molecular complexity index is 800. The first-order valence-electron chi connectivity index (χ1n) is 15.0. The number of nitrogens with zero attached hydrogens (tertiary/aromatic N) is 1. The number of carbonyl (C=O) groups excluding carboxylic acids is 1. The van der Waals surface area contributed by atoms with E-state index in [9.17, 15) is 15.0 Å². The highest BCUT2D eigenvalue weighted by Gasteiger charge is 2.64. The highest BCUT2D eigenvalue weighted by atomic mass is 16.6. The SMILES string of the molecule is CC[C@H]1[C@@H](O)[C@@H]2[C@H](CC[C@]3(C)[C@@H]([C@H](C)CCOC(=O)N4CC(CO)C4)CC[C@@H]23)[C@@]2(C)CC[C@@H](O)C[C@@H]12. The highest BCUT2D eigenvalue weighted by Crippen LogP contribution is 2.69. The van der Waals surface area contributed by atoms with Gasteiger partial charge in [-0.3, -0.25) is 0 Å². The quantitative estimate of drug-likeness (QED) is 0.487. The van der Waals surface area contributed by atoms with Crippen LogP contribution >= 0.6 is 0 Å². The van der Waals surface area contributed by atoms with Crippen LogP contribution in [-0.2, 0) is 4.74 Å². The molecule has 1 saturated heterocycles. The molecule has 5 aliphatic rings. The molecule has 4 aliphatic carbocycles. The van der Waals surface area contributed by atoms with E-state index in [4.69, 9.17) is 9.84 Å². The van der Waals surface area contributed by atoms with Crippen molar-refractivity contribution in [2.75, 3.05) is 26.3 Å². The number of aliphatic hydroxyl groups is 3. The van der Waals surface area contributed by atoms with E-state index in [1.165, 1.54) is 25.7 Å². The normalized spacial score (nSPS) is 47.4. The molecule has 11 atom stereocenters. The number of fused-ring (bicyclic) bond motifs is 5. The summed E-state index contributed by atoms with van der Waals surface area (Å²) in [7, 11) is 0. The summed E-state index contributed by atoms with van der Waals surface area (Å²) >= 11 is 0. The summed E-state index contributed by atoms with van der Waals surface area (Å²) < 4.78 is 5.60. The molecular weight excluding hydrogens is 454 g/mol. The maximum Gasteiger partial charge on any atom is 0.409 e. The predicted molar refractivity (Wildman–Crippen MR) is 139 cm³/mol. The number of hydrogen-bond acceptors (Lipinski definition) is 5. The average Bonchev–Trinajstić information content (AvgIpc) is 3.17. The van der Waals surface area contributed by atoms with Gasteiger partial charge < -0.3 is 25.0 Å². The van der Waals surface area contributed by atoms with E-state index in [2.05, 4.69) is 27.7 Å². The third-order valence-electron chi connectivity index (χ3n) is 12.4. The Morgan fingerprint density at radius 3 is 2.42 bits per heavy atom. The molecule has 1 amide bonds. The second-order valence-corrected chi connectivity index (χ2v) is 14.0. The molecule has 4 saturated carbocycles. The van der Waals surface area contributed by atoms with Crippen LogP contribution in [0.5, 0.6) is 0 Å². The van der Waals surface area contributed by atoms with Crippen LogP contribution in [0.1, 0.15) is 85.5 Å². The third-order valence-corrected chi connectivity index (χ3v) is 12.4. The van der Waals surface area contributed by atoms with Gasteiger partial charge in [-0.15, -0.1) is 0 Å². The van der Waals surface area contributed by atoms with Crippen LogP contribution in [0.25, 0.3) is 0 Å². The number of aliphatic hydroxyl groups excluding tert-OH is 3. The number of rotatable bonds is 6. The van der Waals surface area contributed by atoms with E-state index in [-0.39, 0.29) is 41.7 Å². The molecule has 36 heavy (non-hydrogen) atoms. The van der Waals surface area contributed by atoms with Crippen molar-refractivity contribution in [2.45, 2.75) is 97.7 Å². The van der Waals surface area contributed by atoms with E-state index in [1.54, 1.807) is 4.90 Å². The van der Waals surface area contributed by atoms with Crippen molar-refractivity contribution in [3.8, 4) is 0 Å². The van der Waals surface area contributed by atoms with Gasteiger partial charge >= 0.3 is 6.09 Å². The van der Waals surface area contributed by atoms with Gasteiger partial charge in [-0.2, -0.15) is 0 Å². The minimum absolute atomic E-state index is 0.138. The molecule has 6 heteroatoms. The third kappa shape index (κ3) is 4.22. The number of likely N-dealkylation sites (tertiary alicyclic amines) is 1. The highest BCUT2D eigenvalue weighted by molar-refractivity contribution is 5.68. The Morgan fingerprint density at radius 2 is 1.72 bits per heavy atom. The lowest BCUT2D eigenvalue weighted by Crippen LogP contribution is -2.62. The Balaban J connectivity index is 1.25. The van der Waals surface area contributed by atoms with Crippen LogP contribution in [0.3, 0.4) is 0 Å². The van der Waals surface area contributed by atoms with Gasteiger partial charge in [0.15, 0.2) is 0 Å². The lowest BCUT2D eigenvalue weighted by Gasteiger charge is -2.64. The fourth-order valence-corrected chi connectivity index (χ4v) is 10.4. The Morgan fingerprint density at radius 1 is 1.03 bits per heavy atom. The zero-order valence-electron chi connectivity index (χ0n) is 23.1. The van der Waals surface area contributed by atoms with Crippen molar-refractivity contribution in [3.05, 3.63) is 0 Å². The molecule has 1 aliphatic heterocycles. The molecule has 206 valence electrons. The van der Waals surface area contributed by atoms with Crippen LogP contribution in [0.4, 0.5) is 4.79 Å². The first-order valence-corrected chi connectivity index (χ1v) is 15.0. The number of carbonyl (C=O) groups is 1. The van der Waals surface area contributed by atoms with Crippen molar-refractivity contribution in [1.82, 2.24) is 4.90 Å². The van der Waals surface area contributed by atoms with Gasteiger partial charge in [0.25, 0.3) is 0 Å². The summed E-state index contributed by atoms with van der Waals surface area (Å²) in [6.45, 7) is 11.4. The van der Waals surface area contributed by atoms with Gasteiger partial charge in [0.1, 0.15) is 0 Å². The van der Waals surface area contributed by atoms with Crippen LogP contribution in [-0.4, -0.2) is 64.8 Å². The van der Waals surface area contributed by atoms with E-state index in [0.29, 0.717) is 61.1 Å². The van der Waals surface area contributed by atoms with Gasteiger partial charge in [-0.1, -0.05) is 34.1 Å². The molecule has 0 aromatic rings. The van der Waals surface area contributed by atoms with Crippen molar-refractivity contribution in [2.24, 2.45) is 58.2 Å². The Labute approximate surface area is 218 Å². The van der Waals surface area contributed by atoms with Crippen LogP contribution in [0, 0.1) is 58.2 Å². The van der Waals surface area contributed by atoms with Gasteiger partial charge in [-0.05, 0) is 104 Å². The lowest BCUT2D eigenvalue weighted by molar-refractivity contribution is -0.203. The first-order chi connectivity index (χ1) is 17.1. The fraction of sp³-hybridized carbons (Fsp3) is 0.967. The minimum Gasteiger partial charge on any atom is -0.449 e. The molecule has 0 spiro atoms. The fourth-order valence-electron chi connectivity index (χ4n) is 10.4. The second kappa shape index (κ2) is 10.0. The molecule has 6 nitrogen and oxygen atoms in total.